The van der Waals surface area contributed by atoms with E-state index in [-0.39, 0.29) is 24.4 Å². The Bertz CT molecular complexity index is 451. The minimum atomic E-state index is -0.101. The van der Waals surface area contributed by atoms with Crippen molar-refractivity contribution in [1.29, 1.82) is 0 Å². The summed E-state index contributed by atoms with van der Waals surface area (Å²) in [6.45, 7) is 8.77. The van der Waals surface area contributed by atoms with Crippen LogP contribution in [-0.2, 0) is 0 Å². The van der Waals surface area contributed by atoms with E-state index in [1.54, 1.807) is 0 Å². The molecule has 0 aromatic carbocycles. The molecular formula is C16H28N6O2. The molecule has 0 aromatic heterocycles. The fraction of sp³-hybridized carbons (Fsp3) is 0.875. The molecule has 4 rings (SSSR count). The molecule has 4 fully saturated rings. The standard InChI is InChI=1S/C16H28N6O2/c1-3-5-7-17-9-19-13-14-21(15(19)23)11-18(8-6-4-2)12-22(14)16(24)20(13)10-17/h13-14H,3-12H2,1-2H3. The van der Waals surface area contributed by atoms with E-state index in [1.807, 2.05) is 19.6 Å². The summed E-state index contributed by atoms with van der Waals surface area (Å²) < 4.78 is 0. The van der Waals surface area contributed by atoms with E-state index in [0.29, 0.717) is 26.7 Å². The van der Waals surface area contributed by atoms with Gasteiger partial charge in [-0.25, -0.2) is 9.59 Å². The Labute approximate surface area is 143 Å². The lowest BCUT2D eigenvalue weighted by Crippen LogP contribution is -2.61. The van der Waals surface area contributed by atoms with E-state index in [0.717, 1.165) is 38.8 Å². The summed E-state index contributed by atoms with van der Waals surface area (Å²) in [6.07, 6.45) is 4.23. The number of urea groups is 2. The number of hydrogen-bond donors (Lipinski definition) is 0. The molecule has 0 atom stereocenters. The molecule has 4 aliphatic rings. The Morgan fingerprint density at radius 2 is 1.04 bits per heavy atom. The van der Waals surface area contributed by atoms with Crippen molar-refractivity contribution in [3.63, 3.8) is 0 Å². The van der Waals surface area contributed by atoms with Crippen LogP contribution in [0, 0.1) is 0 Å². The van der Waals surface area contributed by atoms with Crippen molar-refractivity contribution in [1.82, 2.24) is 29.4 Å². The third-order valence-electron chi connectivity index (χ3n) is 5.59. The Kier molecular flexibility index (Phi) is 4.04. The van der Waals surface area contributed by atoms with Gasteiger partial charge in [0.1, 0.15) is 0 Å². The minimum absolute atomic E-state index is 0.0786. The molecule has 0 aromatic rings. The Morgan fingerprint density at radius 3 is 1.33 bits per heavy atom. The van der Waals surface area contributed by atoms with Crippen LogP contribution in [0.15, 0.2) is 0 Å². The van der Waals surface area contributed by atoms with Gasteiger partial charge in [0, 0.05) is 13.1 Å². The lowest BCUT2D eigenvalue weighted by Gasteiger charge is -2.42. The number of amides is 4. The highest BCUT2D eigenvalue weighted by Gasteiger charge is 2.62. The zero-order valence-corrected chi connectivity index (χ0v) is 14.7. The van der Waals surface area contributed by atoms with Gasteiger partial charge in [0.25, 0.3) is 0 Å². The van der Waals surface area contributed by atoms with Crippen LogP contribution in [-0.4, -0.2) is 93.6 Å². The van der Waals surface area contributed by atoms with Gasteiger partial charge in [0.05, 0.1) is 26.7 Å². The Hall–Kier alpha value is -1.54. The molecule has 0 aliphatic carbocycles. The fourth-order valence-electron chi connectivity index (χ4n) is 4.34. The van der Waals surface area contributed by atoms with Crippen LogP contribution >= 0.6 is 0 Å². The van der Waals surface area contributed by atoms with Crippen LogP contribution in [0.25, 0.3) is 0 Å². The maximum Gasteiger partial charge on any atom is 0.325 e. The molecule has 4 saturated heterocycles. The van der Waals surface area contributed by atoms with Gasteiger partial charge >= 0.3 is 12.1 Å². The number of carbonyl (C=O) groups is 2. The SMILES string of the molecule is CCCCN1CN2C(=O)N3CN(CCCC)CN4C(=O)N(C1)C2C34. The van der Waals surface area contributed by atoms with Crippen molar-refractivity contribution >= 4 is 12.1 Å². The number of nitrogens with zero attached hydrogens (tertiary/aromatic N) is 6. The topological polar surface area (TPSA) is 53.6 Å². The first kappa shape index (κ1) is 16.0. The third kappa shape index (κ3) is 2.27. The second-order valence-electron chi connectivity index (χ2n) is 7.33. The third-order valence-corrected chi connectivity index (χ3v) is 5.59. The maximum atomic E-state index is 12.9. The summed E-state index contributed by atoms with van der Waals surface area (Å²) in [5.41, 5.74) is 0. The summed E-state index contributed by atoms with van der Waals surface area (Å²) in [5, 5.41) is 0. The zero-order chi connectivity index (χ0) is 16.8. The van der Waals surface area contributed by atoms with Gasteiger partial charge in [-0.15, -0.1) is 0 Å². The molecule has 24 heavy (non-hydrogen) atoms. The summed E-state index contributed by atoms with van der Waals surface area (Å²) >= 11 is 0. The van der Waals surface area contributed by atoms with Crippen molar-refractivity contribution in [2.75, 3.05) is 39.8 Å². The van der Waals surface area contributed by atoms with Crippen molar-refractivity contribution < 1.29 is 9.59 Å². The highest BCUT2D eigenvalue weighted by atomic mass is 16.2. The van der Waals surface area contributed by atoms with Crippen LogP contribution < -0.4 is 0 Å². The average molecular weight is 336 g/mol. The van der Waals surface area contributed by atoms with Crippen molar-refractivity contribution in [3.8, 4) is 0 Å². The van der Waals surface area contributed by atoms with Gasteiger partial charge in [-0.3, -0.25) is 29.4 Å². The highest BCUT2D eigenvalue weighted by molar-refractivity contribution is 5.85. The van der Waals surface area contributed by atoms with E-state index in [1.165, 1.54) is 0 Å². The van der Waals surface area contributed by atoms with Gasteiger partial charge in [0.15, 0.2) is 12.3 Å². The molecule has 0 bridgehead atoms. The molecule has 4 heterocycles. The van der Waals surface area contributed by atoms with Crippen LogP contribution in [0.3, 0.4) is 0 Å². The van der Waals surface area contributed by atoms with Crippen LogP contribution in [0.2, 0.25) is 0 Å². The minimum Gasteiger partial charge on any atom is -0.287 e. The number of hydrogen-bond acceptors (Lipinski definition) is 4. The van der Waals surface area contributed by atoms with E-state index < -0.39 is 0 Å². The number of unbranched alkanes of at least 4 members (excludes halogenated alkanes) is 2. The first-order valence-corrected chi connectivity index (χ1v) is 9.25. The number of rotatable bonds is 6. The normalized spacial score (nSPS) is 29.9. The van der Waals surface area contributed by atoms with Gasteiger partial charge in [-0.2, -0.15) is 0 Å². The average Bonchev–Trinajstić information content (AvgIpc) is 3.04. The van der Waals surface area contributed by atoms with Gasteiger partial charge in [-0.05, 0) is 12.8 Å². The van der Waals surface area contributed by atoms with Gasteiger partial charge in [0.2, 0.25) is 0 Å². The predicted molar refractivity (Wildman–Crippen MR) is 88.4 cm³/mol. The molecule has 4 amide bonds. The molecule has 0 saturated carbocycles. The van der Waals surface area contributed by atoms with Crippen LogP contribution in [0.4, 0.5) is 9.59 Å². The van der Waals surface area contributed by atoms with Crippen molar-refractivity contribution in [3.05, 3.63) is 0 Å². The predicted octanol–water partition coefficient (Wildman–Crippen LogP) is 1.18. The van der Waals surface area contributed by atoms with Gasteiger partial charge < -0.3 is 0 Å². The summed E-state index contributed by atoms with van der Waals surface area (Å²) in [7, 11) is 0. The number of carbonyl (C=O) groups excluding carboxylic acids is 2. The van der Waals surface area contributed by atoms with Crippen molar-refractivity contribution in [2.45, 2.75) is 51.9 Å². The zero-order valence-electron chi connectivity index (χ0n) is 14.7. The van der Waals surface area contributed by atoms with Crippen LogP contribution in [0.5, 0.6) is 0 Å². The Balaban J connectivity index is 1.56. The second kappa shape index (κ2) is 6.07. The van der Waals surface area contributed by atoms with E-state index >= 15 is 0 Å². The van der Waals surface area contributed by atoms with E-state index in [4.69, 9.17) is 0 Å². The molecule has 8 heteroatoms. The molecular weight excluding hydrogens is 308 g/mol. The molecule has 4 aliphatic heterocycles. The smallest absolute Gasteiger partial charge is 0.287 e. The largest absolute Gasteiger partial charge is 0.325 e. The molecule has 0 N–H and O–H groups in total. The quantitative estimate of drug-likeness (QED) is 0.731. The molecule has 8 nitrogen and oxygen atoms in total. The summed E-state index contributed by atoms with van der Waals surface area (Å²) in [5.74, 6) is 0. The van der Waals surface area contributed by atoms with Crippen molar-refractivity contribution in [2.24, 2.45) is 0 Å². The first-order valence-electron chi connectivity index (χ1n) is 9.25. The summed E-state index contributed by atoms with van der Waals surface area (Å²) in [6, 6.07) is 0.157. The van der Waals surface area contributed by atoms with E-state index in [2.05, 4.69) is 23.6 Å². The monoisotopic (exact) mass is 336 g/mol. The highest BCUT2D eigenvalue weighted by Crippen LogP contribution is 2.39. The lowest BCUT2D eigenvalue weighted by atomic mass is 10.3. The molecule has 0 spiro atoms. The maximum absolute atomic E-state index is 12.9. The lowest BCUT2D eigenvalue weighted by molar-refractivity contribution is -0.0241. The molecule has 0 unspecified atom stereocenters. The van der Waals surface area contributed by atoms with E-state index in [9.17, 15) is 9.59 Å². The molecule has 0 radical (unpaired) electrons. The summed E-state index contributed by atoms with van der Waals surface area (Å²) in [4.78, 5) is 37.9. The molecule has 134 valence electrons. The Morgan fingerprint density at radius 1 is 0.708 bits per heavy atom. The van der Waals surface area contributed by atoms with Crippen LogP contribution in [0.1, 0.15) is 39.5 Å². The second-order valence-corrected chi connectivity index (χ2v) is 7.33. The van der Waals surface area contributed by atoms with Gasteiger partial charge in [-0.1, -0.05) is 26.7 Å². The fourth-order valence-corrected chi connectivity index (χ4v) is 4.34. The first-order chi connectivity index (χ1) is 11.7.